The van der Waals surface area contributed by atoms with Gasteiger partial charge in [-0.05, 0) is 18.2 Å². The molecular weight excluding hydrogens is 349 g/mol. The number of amides is 2. The monoisotopic (exact) mass is 372 g/mol. The van der Waals surface area contributed by atoms with E-state index in [1.807, 2.05) is 4.90 Å². The molecule has 0 aromatic heterocycles. The van der Waals surface area contributed by atoms with Gasteiger partial charge in [0.15, 0.2) is 0 Å². The highest BCUT2D eigenvalue weighted by molar-refractivity contribution is 7.85. The van der Waals surface area contributed by atoms with Crippen LogP contribution in [0.25, 0.3) is 0 Å². The molecule has 2 aliphatic heterocycles. The predicted molar refractivity (Wildman–Crippen MR) is 92.8 cm³/mol. The number of carbonyl (C=O) groups is 2. The van der Waals surface area contributed by atoms with E-state index in [-0.39, 0.29) is 13.1 Å². The van der Waals surface area contributed by atoms with E-state index in [0.717, 1.165) is 0 Å². The number of carbonyl (C=O) groups excluding carboxylic acids is 2. The number of nitrogens with one attached hydrogen (secondary N) is 1. The fourth-order valence-electron chi connectivity index (χ4n) is 2.84. The summed E-state index contributed by atoms with van der Waals surface area (Å²) in [4.78, 5) is 26.5. The molecule has 1 atom stereocenters. The van der Waals surface area contributed by atoms with Crippen molar-refractivity contribution >= 4 is 34.2 Å². The van der Waals surface area contributed by atoms with E-state index < -0.39 is 41.6 Å². The second-order valence-electron chi connectivity index (χ2n) is 5.80. The molecule has 0 bridgehead atoms. The molecule has 1 aromatic carbocycles. The van der Waals surface area contributed by atoms with Crippen molar-refractivity contribution in [2.24, 2.45) is 0 Å². The Morgan fingerprint density at radius 1 is 1.48 bits per heavy atom. The van der Waals surface area contributed by atoms with Gasteiger partial charge >= 0.3 is 6.09 Å². The maximum absolute atomic E-state index is 14.6. The van der Waals surface area contributed by atoms with Crippen LogP contribution in [-0.4, -0.2) is 60.0 Å². The minimum absolute atomic E-state index is 0.0571. The highest BCUT2D eigenvalue weighted by atomic mass is 32.2. The number of anilines is 2. The minimum Gasteiger partial charge on any atom is -0.442 e. The third kappa shape index (κ3) is 4.09. The summed E-state index contributed by atoms with van der Waals surface area (Å²) in [5, 5.41) is 2.21. The lowest BCUT2D eigenvalue weighted by atomic mass is 10.2. The first-order chi connectivity index (χ1) is 13.1. The van der Waals surface area contributed by atoms with Gasteiger partial charge < -0.3 is 15.0 Å². The maximum Gasteiger partial charge on any atom is 0.414 e. The Kier molecular flexibility index (Phi) is 4.15. The molecule has 2 saturated heterocycles. The minimum atomic E-state index is -2.78. The second-order valence-corrected chi connectivity index (χ2v) is 7.49. The SMILES string of the molecule is [2H]C([2H])([2H])C(=O)NC[C@H]1CN(c2ccc(N3CCS(=O)CC3)c(F)c2)C(=O)O1. The van der Waals surface area contributed by atoms with Crippen LogP contribution in [0.3, 0.4) is 0 Å². The molecule has 0 saturated carbocycles. The van der Waals surface area contributed by atoms with Crippen LogP contribution in [0.2, 0.25) is 0 Å². The molecule has 0 radical (unpaired) electrons. The summed E-state index contributed by atoms with van der Waals surface area (Å²) in [7, 11) is -0.866. The molecule has 1 aromatic rings. The van der Waals surface area contributed by atoms with Crippen molar-refractivity contribution in [3.05, 3.63) is 24.0 Å². The topological polar surface area (TPSA) is 79.0 Å². The predicted octanol–water partition coefficient (Wildman–Crippen LogP) is 0.856. The summed E-state index contributed by atoms with van der Waals surface area (Å²) in [6.45, 7) is -1.87. The first-order valence-electron chi connectivity index (χ1n) is 9.31. The lowest BCUT2D eigenvalue weighted by Crippen LogP contribution is -2.38. The first-order valence-corrected chi connectivity index (χ1v) is 9.30. The summed E-state index contributed by atoms with van der Waals surface area (Å²) in [6, 6.07) is 4.39. The fraction of sp³-hybridized carbons (Fsp3) is 0.500. The van der Waals surface area contributed by atoms with Gasteiger partial charge in [0.2, 0.25) is 5.91 Å². The molecule has 0 unspecified atom stereocenters. The molecule has 2 fully saturated rings. The van der Waals surface area contributed by atoms with Crippen LogP contribution < -0.4 is 15.1 Å². The third-order valence-electron chi connectivity index (χ3n) is 4.13. The summed E-state index contributed by atoms with van der Waals surface area (Å²) < 4.78 is 52.2. The quantitative estimate of drug-likeness (QED) is 0.848. The number of nitrogens with zero attached hydrogens (tertiary/aromatic N) is 2. The van der Waals surface area contributed by atoms with Crippen LogP contribution >= 0.6 is 0 Å². The summed E-state index contributed by atoms with van der Waals surface area (Å²) in [5.74, 6) is -0.649. The van der Waals surface area contributed by atoms with Gasteiger partial charge in [0.25, 0.3) is 0 Å². The molecule has 0 aliphatic carbocycles. The maximum atomic E-state index is 14.6. The number of halogens is 1. The average Bonchev–Trinajstić information content (AvgIpc) is 3.00. The fourth-order valence-corrected chi connectivity index (χ4v) is 3.90. The number of cyclic esters (lactones) is 1. The van der Waals surface area contributed by atoms with E-state index >= 15 is 0 Å². The van der Waals surface area contributed by atoms with Crippen LogP contribution in [0, 0.1) is 5.82 Å². The summed E-state index contributed by atoms with van der Waals surface area (Å²) >= 11 is 0. The molecule has 2 amide bonds. The second kappa shape index (κ2) is 7.38. The highest BCUT2D eigenvalue weighted by Crippen LogP contribution is 2.28. The van der Waals surface area contributed by atoms with E-state index in [1.54, 1.807) is 12.1 Å². The van der Waals surface area contributed by atoms with Crippen molar-refractivity contribution in [2.45, 2.75) is 13.0 Å². The Balaban J connectivity index is 1.63. The van der Waals surface area contributed by atoms with Gasteiger partial charge in [-0.25, -0.2) is 9.18 Å². The molecule has 0 spiro atoms. The van der Waals surface area contributed by atoms with Gasteiger partial charge in [0, 0.05) is 46.4 Å². The molecule has 2 heterocycles. The van der Waals surface area contributed by atoms with Crippen molar-refractivity contribution in [1.82, 2.24) is 5.32 Å². The Labute approximate surface area is 151 Å². The summed E-state index contributed by atoms with van der Waals surface area (Å²) in [5.41, 5.74) is 0.686. The van der Waals surface area contributed by atoms with Crippen LogP contribution in [0.5, 0.6) is 0 Å². The molecule has 9 heteroatoms. The first kappa shape index (κ1) is 14.1. The Bertz CT molecular complexity index is 798. The van der Waals surface area contributed by atoms with Gasteiger partial charge in [-0.1, -0.05) is 0 Å². The molecule has 3 rings (SSSR count). The van der Waals surface area contributed by atoms with E-state index in [0.29, 0.717) is 36.0 Å². The lowest BCUT2D eigenvalue weighted by molar-refractivity contribution is -0.119. The van der Waals surface area contributed by atoms with Crippen LogP contribution in [0.4, 0.5) is 20.6 Å². The van der Waals surface area contributed by atoms with Crippen molar-refractivity contribution < 1.29 is 27.0 Å². The van der Waals surface area contributed by atoms with Gasteiger partial charge in [-0.3, -0.25) is 13.9 Å². The van der Waals surface area contributed by atoms with Crippen LogP contribution in [0.1, 0.15) is 11.0 Å². The Morgan fingerprint density at radius 2 is 2.24 bits per heavy atom. The van der Waals surface area contributed by atoms with Gasteiger partial charge in [0.1, 0.15) is 11.9 Å². The Morgan fingerprint density at radius 3 is 2.92 bits per heavy atom. The molecule has 7 nitrogen and oxygen atoms in total. The number of benzene rings is 1. The smallest absolute Gasteiger partial charge is 0.414 e. The molecule has 136 valence electrons. The van der Waals surface area contributed by atoms with Gasteiger partial charge in [-0.2, -0.15) is 0 Å². The largest absolute Gasteiger partial charge is 0.442 e. The standard InChI is InChI=1S/C16H20FN3O4S/c1-11(21)18-9-13-10-20(16(22)24-13)12-2-3-15(14(17)8-12)19-4-6-25(23)7-5-19/h2-3,8,13H,4-7,9-10H2,1H3,(H,18,21)/t13-/m0/s1/i1D3. The Hall–Kier alpha value is -2.16. The number of hydrogen-bond acceptors (Lipinski definition) is 5. The summed E-state index contributed by atoms with van der Waals surface area (Å²) in [6.07, 6.45) is -1.44. The van der Waals surface area contributed by atoms with Crippen molar-refractivity contribution in [1.29, 1.82) is 0 Å². The number of rotatable bonds is 4. The highest BCUT2D eigenvalue weighted by Gasteiger charge is 2.33. The molecule has 2 aliphatic rings. The van der Waals surface area contributed by atoms with Crippen LogP contribution in [-0.2, 0) is 20.3 Å². The normalized spacial score (nSPS) is 23.6. The lowest BCUT2D eigenvalue weighted by Gasteiger charge is -2.29. The molecular formula is C16H20FN3O4S. The van der Waals surface area contributed by atoms with E-state index in [9.17, 15) is 18.2 Å². The van der Waals surface area contributed by atoms with E-state index in [2.05, 4.69) is 5.32 Å². The van der Waals surface area contributed by atoms with Gasteiger partial charge in [0.05, 0.1) is 24.5 Å². The zero-order valence-electron chi connectivity index (χ0n) is 16.4. The van der Waals surface area contributed by atoms with Crippen molar-refractivity contribution in [3.8, 4) is 0 Å². The molecule has 25 heavy (non-hydrogen) atoms. The number of hydrogen-bond donors (Lipinski definition) is 1. The number of ether oxygens (including phenoxy) is 1. The van der Waals surface area contributed by atoms with Gasteiger partial charge in [-0.15, -0.1) is 0 Å². The average molecular weight is 372 g/mol. The van der Waals surface area contributed by atoms with E-state index in [4.69, 9.17) is 8.85 Å². The zero-order chi connectivity index (χ0) is 20.5. The van der Waals surface area contributed by atoms with E-state index in [1.165, 1.54) is 11.0 Å². The van der Waals surface area contributed by atoms with Crippen molar-refractivity contribution in [2.75, 3.05) is 47.5 Å². The zero-order valence-corrected chi connectivity index (χ0v) is 14.2. The van der Waals surface area contributed by atoms with Crippen molar-refractivity contribution in [3.63, 3.8) is 0 Å². The molecule has 1 N–H and O–H groups in total. The van der Waals surface area contributed by atoms with Crippen LogP contribution in [0.15, 0.2) is 18.2 Å². The third-order valence-corrected chi connectivity index (χ3v) is 5.40.